The van der Waals surface area contributed by atoms with Crippen molar-refractivity contribution in [1.82, 2.24) is 10.2 Å². The Kier molecular flexibility index (Phi) is 6.94. The molecule has 1 heterocycles. The average Bonchev–Trinajstić information content (AvgIpc) is 2.62. The van der Waals surface area contributed by atoms with Crippen LogP contribution in [-0.4, -0.2) is 30.5 Å². The number of halogens is 1. The van der Waals surface area contributed by atoms with E-state index in [0.717, 1.165) is 12.0 Å². The highest BCUT2D eigenvalue weighted by Crippen LogP contribution is 2.30. The Hall–Kier alpha value is -2.41. The van der Waals surface area contributed by atoms with Crippen LogP contribution in [0.5, 0.6) is 17.4 Å². The molecule has 0 unspecified atom stereocenters. The van der Waals surface area contributed by atoms with E-state index in [1.807, 2.05) is 32.0 Å². The lowest BCUT2D eigenvalue weighted by atomic mass is 10.2. The number of hydrogen-bond donors (Lipinski definition) is 2. The summed E-state index contributed by atoms with van der Waals surface area (Å²) in [5, 5.41) is 9.36. The number of nitrogens with one attached hydrogen (secondary N) is 2. The SMILES string of the molecule is CCCOc1n[nH]c(=O)c(Cl)c1NCc1ccc(OC)c(OCC)c1. The zero-order valence-corrected chi connectivity index (χ0v) is 15.3. The second-order valence-corrected chi connectivity index (χ2v) is 5.55. The maximum absolute atomic E-state index is 11.7. The summed E-state index contributed by atoms with van der Waals surface area (Å²) in [4.78, 5) is 11.7. The van der Waals surface area contributed by atoms with Gasteiger partial charge in [-0.25, -0.2) is 5.10 Å². The molecular weight excluding hydrogens is 346 g/mol. The van der Waals surface area contributed by atoms with Crippen LogP contribution in [0.2, 0.25) is 5.02 Å². The lowest BCUT2D eigenvalue weighted by Gasteiger charge is -2.14. The highest BCUT2D eigenvalue weighted by molar-refractivity contribution is 6.33. The number of rotatable bonds is 9. The third-order valence-electron chi connectivity index (χ3n) is 3.33. The van der Waals surface area contributed by atoms with Crippen LogP contribution in [-0.2, 0) is 6.54 Å². The second-order valence-electron chi connectivity index (χ2n) is 5.17. The minimum Gasteiger partial charge on any atom is -0.493 e. The van der Waals surface area contributed by atoms with Gasteiger partial charge in [-0.3, -0.25) is 4.79 Å². The van der Waals surface area contributed by atoms with Crippen LogP contribution < -0.4 is 25.1 Å². The topological polar surface area (TPSA) is 85.5 Å². The van der Waals surface area contributed by atoms with E-state index < -0.39 is 5.56 Å². The van der Waals surface area contributed by atoms with Gasteiger partial charge in [0, 0.05) is 6.54 Å². The number of ether oxygens (including phenoxy) is 3. The fourth-order valence-corrected chi connectivity index (χ4v) is 2.35. The summed E-state index contributed by atoms with van der Waals surface area (Å²) in [6, 6.07) is 5.60. The zero-order valence-electron chi connectivity index (χ0n) is 14.5. The molecule has 7 nitrogen and oxygen atoms in total. The van der Waals surface area contributed by atoms with Crippen molar-refractivity contribution in [1.29, 1.82) is 0 Å². The van der Waals surface area contributed by atoms with Crippen molar-refractivity contribution in [2.75, 3.05) is 25.6 Å². The molecule has 136 valence electrons. The van der Waals surface area contributed by atoms with Crippen molar-refractivity contribution in [2.45, 2.75) is 26.8 Å². The zero-order chi connectivity index (χ0) is 18.2. The van der Waals surface area contributed by atoms with Gasteiger partial charge in [0.05, 0.1) is 20.3 Å². The lowest BCUT2D eigenvalue weighted by molar-refractivity contribution is 0.303. The molecule has 0 spiro atoms. The van der Waals surface area contributed by atoms with E-state index in [9.17, 15) is 4.79 Å². The van der Waals surface area contributed by atoms with Crippen molar-refractivity contribution in [3.63, 3.8) is 0 Å². The highest BCUT2D eigenvalue weighted by Gasteiger charge is 2.14. The molecule has 2 rings (SSSR count). The number of methoxy groups -OCH3 is 1. The molecular formula is C17H22ClN3O4. The monoisotopic (exact) mass is 367 g/mol. The van der Waals surface area contributed by atoms with Crippen LogP contribution in [0.4, 0.5) is 5.69 Å². The van der Waals surface area contributed by atoms with Crippen molar-refractivity contribution >= 4 is 17.3 Å². The molecule has 2 aromatic rings. The maximum atomic E-state index is 11.7. The van der Waals surface area contributed by atoms with Gasteiger partial charge in [-0.05, 0) is 31.0 Å². The molecule has 0 aliphatic heterocycles. The molecule has 0 saturated heterocycles. The van der Waals surface area contributed by atoms with Gasteiger partial charge >= 0.3 is 0 Å². The van der Waals surface area contributed by atoms with Crippen molar-refractivity contribution < 1.29 is 14.2 Å². The predicted molar refractivity (Wildman–Crippen MR) is 97.1 cm³/mol. The molecule has 0 fully saturated rings. The van der Waals surface area contributed by atoms with Crippen LogP contribution in [0.15, 0.2) is 23.0 Å². The number of hydrogen-bond acceptors (Lipinski definition) is 6. The van der Waals surface area contributed by atoms with Crippen LogP contribution in [0.3, 0.4) is 0 Å². The first-order valence-electron chi connectivity index (χ1n) is 8.05. The van der Waals surface area contributed by atoms with Crippen molar-refractivity contribution in [3.8, 4) is 17.4 Å². The smallest absolute Gasteiger partial charge is 0.285 e. The minimum atomic E-state index is -0.474. The van der Waals surface area contributed by atoms with Gasteiger partial charge in [0.1, 0.15) is 10.7 Å². The standard InChI is InChI=1S/C17H22ClN3O4/c1-4-8-25-17-15(14(18)16(22)20-21-17)19-10-11-6-7-12(23-3)13(9-11)24-5-2/h6-7,9H,4-5,8,10H2,1-3H3,(H2,19,20,22). The fourth-order valence-electron chi connectivity index (χ4n) is 2.16. The quantitative estimate of drug-likeness (QED) is 0.707. The highest BCUT2D eigenvalue weighted by atomic mass is 35.5. The Labute approximate surface area is 151 Å². The molecule has 1 aromatic carbocycles. The van der Waals surface area contributed by atoms with Crippen molar-refractivity contribution in [2.24, 2.45) is 0 Å². The Balaban J connectivity index is 2.22. The molecule has 2 N–H and O–H groups in total. The Morgan fingerprint density at radius 3 is 2.72 bits per heavy atom. The molecule has 0 aliphatic rings. The first-order chi connectivity index (χ1) is 12.1. The van der Waals surface area contributed by atoms with Crippen LogP contribution in [0.25, 0.3) is 0 Å². The van der Waals surface area contributed by atoms with E-state index in [2.05, 4.69) is 15.5 Å². The summed E-state index contributed by atoms with van der Waals surface area (Å²) in [5.41, 5.74) is 0.826. The number of aromatic nitrogens is 2. The van der Waals surface area contributed by atoms with E-state index in [-0.39, 0.29) is 10.9 Å². The van der Waals surface area contributed by atoms with Crippen LogP contribution in [0, 0.1) is 0 Å². The minimum absolute atomic E-state index is 0.0136. The summed E-state index contributed by atoms with van der Waals surface area (Å²) in [6.07, 6.45) is 0.814. The van der Waals surface area contributed by atoms with Gasteiger partial charge in [-0.2, -0.15) is 0 Å². The molecule has 0 bridgehead atoms. The number of nitrogens with zero attached hydrogens (tertiary/aromatic N) is 1. The number of anilines is 1. The van der Waals surface area contributed by atoms with E-state index in [1.165, 1.54) is 0 Å². The Morgan fingerprint density at radius 2 is 2.04 bits per heavy atom. The first-order valence-corrected chi connectivity index (χ1v) is 8.43. The molecule has 0 radical (unpaired) electrons. The summed E-state index contributed by atoms with van der Waals surface area (Å²) in [6.45, 7) is 5.31. The van der Waals surface area contributed by atoms with Gasteiger partial charge in [0.25, 0.3) is 11.4 Å². The van der Waals surface area contributed by atoms with Crippen molar-refractivity contribution in [3.05, 3.63) is 39.1 Å². The molecule has 0 aliphatic carbocycles. The van der Waals surface area contributed by atoms with E-state index in [0.29, 0.717) is 36.9 Å². The van der Waals surface area contributed by atoms with E-state index in [1.54, 1.807) is 7.11 Å². The summed E-state index contributed by atoms with van der Waals surface area (Å²) in [5.74, 6) is 1.58. The predicted octanol–water partition coefficient (Wildman–Crippen LogP) is 3.23. The maximum Gasteiger partial charge on any atom is 0.285 e. The van der Waals surface area contributed by atoms with Gasteiger partial charge in [0.2, 0.25) is 0 Å². The van der Waals surface area contributed by atoms with Gasteiger partial charge in [0.15, 0.2) is 11.5 Å². The fraction of sp³-hybridized carbons (Fsp3) is 0.412. The Morgan fingerprint density at radius 1 is 1.24 bits per heavy atom. The second kappa shape index (κ2) is 9.17. The first kappa shape index (κ1) is 18.9. The molecule has 1 aromatic heterocycles. The van der Waals surface area contributed by atoms with E-state index >= 15 is 0 Å². The van der Waals surface area contributed by atoms with Gasteiger partial charge in [-0.15, -0.1) is 5.10 Å². The number of aromatic amines is 1. The molecule has 8 heteroatoms. The van der Waals surface area contributed by atoms with E-state index in [4.69, 9.17) is 25.8 Å². The normalized spacial score (nSPS) is 10.4. The number of H-pyrrole nitrogens is 1. The lowest BCUT2D eigenvalue weighted by Crippen LogP contribution is -2.15. The summed E-state index contributed by atoms with van der Waals surface area (Å²) in [7, 11) is 1.59. The summed E-state index contributed by atoms with van der Waals surface area (Å²) < 4.78 is 16.4. The van der Waals surface area contributed by atoms with Crippen LogP contribution in [0.1, 0.15) is 25.8 Å². The molecule has 0 amide bonds. The van der Waals surface area contributed by atoms with Crippen LogP contribution >= 0.6 is 11.6 Å². The average molecular weight is 368 g/mol. The third-order valence-corrected chi connectivity index (χ3v) is 3.69. The largest absolute Gasteiger partial charge is 0.493 e. The molecule has 25 heavy (non-hydrogen) atoms. The summed E-state index contributed by atoms with van der Waals surface area (Å²) >= 11 is 6.10. The molecule has 0 atom stereocenters. The third kappa shape index (κ3) is 4.79. The Bertz CT molecular complexity index is 764. The van der Waals surface area contributed by atoms with Gasteiger partial charge in [-0.1, -0.05) is 24.6 Å². The molecule has 0 saturated carbocycles. The number of benzene rings is 1. The van der Waals surface area contributed by atoms with Gasteiger partial charge < -0.3 is 19.5 Å².